The number of fused-ring (bicyclic) bond motifs is 4. The monoisotopic (exact) mass is 622 g/mol. The summed E-state index contributed by atoms with van der Waals surface area (Å²) in [5, 5.41) is 19.4. The lowest BCUT2D eigenvalue weighted by molar-refractivity contribution is -0.141. The van der Waals surface area contributed by atoms with Gasteiger partial charge < -0.3 is 19.7 Å². The smallest absolute Gasteiger partial charge is 0.303 e. The molecule has 2 aliphatic heterocycles. The highest BCUT2D eigenvalue weighted by molar-refractivity contribution is 6.53. The van der Waals surface area contributed by atoms with Crippen LogP contribution in [-0.4, -0.2) is 87.2 Å². The number of imide groups is 2. The van der Waals surface area contributed by atoms with Crippen molar-refractivity contribution in [3.8, 4) is 17.2 Å². The number of carbonyl (C=O) groups is 5. The van der Waals surface area contributed by atoms with Gasteiger partial charge in [-0.3, -0.25) is 33.8 Å². The molecule has 5 rings (SSSR count). The predicted molar refractivity (Wildman–Crippen MR) is 150 cm³/mol. The molecule has 3 fully saturated rings. The predicted octanol–water partition coefficient (Wildman–Crippen LogP) is 3.04. The lowest BCUT2D eigenvalue weighted by Gasteiger charge is -2.50. The van der Waals surface area contributed by atoms with E-state index in [4.69, 9.17) is 37.8 Å². The van der Waals surface area contributed by atoms with Gasteiger partial charge in [0.2, 0.25) is 17.6 Å². The third-order valence-corrected chi connectivity index (χ3v) is 10.6. The number of methoxy groups -OCH3 is 2. The molecule has 6 unspecified atom stereocenters. The van der Waals surface area contributed by atoms with Gasteiger partial charge in [0.25, 0.3) is 11.8 Å². The number of nitrogens with zero attached hydrogens (tertiary/aromatic N) is 2. The molecule has 2 saturated heterocycles. The van der Waals surface area contributed by atoms with E-state index in [1.165, 1.54) is 38.3 Å². The molecular weight excluding hydrogens is 591 g/mol. The van der Waals surface area contributed by atoms with Crippen LogP contribution in [0, 0.1) is 17.8 Å². The number of phenols is 1. The first-order chi connectivity index (χ1) is 19.8. The summed E-state index contributed by atoms with van der Waals surface area (Å²) < 4.78 is 10.7. The van der Waals surface area contributed by atoms with Crippen LogP contribution >= 0.6 is 23.2 Å². The van der Waals surface area contributed by atoms with E-state index in [2.05, 4.69) is 0 Å². The number of carboxylic acids is 1. The van der Waals surface area contributed by atoms with Crippen LogP contribution in [0.2, 0.25) is 0 Å². The summed E-state index contributed by atoms with van der Waals surface area (Å²) in [5.41, 5.74) is 0.998. The number of aliphatic carboxylic acids is 1. The van der Waals surface area contributed by atoms with Gasteiger partial charge in [-0.25, -0.2) is 0 Å². The first kappa shape index (κ1) is 30.2. The molecule has 4 aliphatic rings. The molecule has 0 bridgehead atoms. The molecule has 0 aromatic heterocycles. The molecule has 0 spiro atoms. The zero-order valence-corrected chi connectivity index (χ0v) is 24.9. The Morgan fingerprint density at radius 1 is 1.00 bits per heavy atom. The van der Waals surface area contributed by atoms with Gasteiger partial charge in [-0.2, -0.15) is 0 Å². The maximum Gasteiger partial charge on any atom is 0.303 e. The van der Waals surface area contributed by atoms with Gasteiger partial charge in [0.05, 0.1) is 26.1 Å². The average Bonchev–Trinajstić information content (AvgIpc) is 3.27. The van der Waals surface area contributed by atoms with E-state index >= 15 is 0 Å². The van der Waals surface area contributed by atoms with Gasteiger partial charge in [0.1, 0.15) is 0 Å². The normalized spacial score (nSPS) is 32.0. The zero-order valence-electron chi connectivity index (χ0n) is 23.4. The first-order valence-electron chi connectivity index (χ1n) is 13.8. The second-order valence-electron chi connectivity index (χ2n) is 11.3. The number of hydrogen-bond donors (Lipinski definition) is 2. The first-order valence-corrected chi connectivity index (χ1v) is 14.5. The van der Waals surface area contributed by atoms with Crippen LogP contribution in [0.3, 0.4) is 0 Å². The Balaban J connectivity index is 1.58. The number of benzene rings is 1. The number of phenolic OH excluding ortho intramolecular Hbond substituents is 1. The van der Waals surface area contributed by atoms with Crippen molar-refractivity contribution in [3.05, 3.63) is 29.3 Å². The molecule has 1 saturated carbocycles. The highest BCUT2D eigenvalue weighted by Crippen LogP contribution is 2.65. The van der Waals surface area contributed by atoms with E-state index in [0.29, 0.717) is 30.4 Å². The minimum absolute atomic E-state index is 0.00981. The molecule has 13 heteroatoms. The Kier molecular flexibility index (Phi) is 7.72. The Labute approximate surface area is 252 Å². The van der Waals surface area contributed by atoms with Crippen LogP contribution in [0.15, 0.2) is 23.8 Å². The molecule has 6 atom stereocenters. The number of halogens is 2. The highest BCUT2D eigenvalue weighted by atomic mass is 35.5. The van der Waals surface area contributed by atoms with Gasteiger partial charge >= 0.3 is 5.97 Å². The molecule has 1 aromatic carbocycles. The number of likely N-dealkylation sites (tertiary alicyclic amines) is 2. The molecule has 2 heterocycles. The fraction of sp³-hybridized carbons (Fsp3) is 0.552. The zero-order chi connectivity index (χ0) is 30.7. The van der Waals surface area contributed by atoms with Gasteiger partial charge in [0, 0.05) is 25.9 Å². The molecule has 42 heavy (non-hydrogen) atoms. The van der Waals surface area contributed by atoms with Gasteiger partial charge in [-0.05, 0) is 49.3 Å². The lowest BCUT2D eigenvalue weighted by Crippen LogP contribution is -2.60. The Morgan fingerprint density at radius 3 is 2.24 bits per heavy atom. The van der Waals surface area contributed by atoms with Crippen LogP contribution in [0.25, 0.3) is 0 Å². The summed E-state index contributed by atoms with van der Waals surface area (Å²) in [4.78, 5) is 63.6. The van der Waals surface area contributed by atoms with Crippen molar-refractivity contribution in [1.29, 1.82) is 0 Å². The van der Waals surface area contributed by atoms with Crippen LogP contribution < -0.4 is 9.47 Å². The van der Waals surface area contributed by atoms with E-state index < -0.39 is 51.2 Å². The Morgan fingerprint density at radius 2 is 1.64 bits per heavy atom. The average molecular weight is 623 g/mol. The topological polar surface area (TPSA) is 151 Å². The summed E-state index contributed by atoms with van der Waals surface area (Å²) in [7, 11) is 4.01. The number of unbranched alkanes of at least 4 members (excludes halogenated alkanes) is 2. The standard InChI is InChI=1S/C29H32Cl2N2O9/c1-32-26(39)28(30)13-17-15(8-9-16-21(17)25(38)33(24(16)37)10-6-4-5-7-20(34)35)22(29(28,31)27(32)40)14-11-18(41-2)23(36)19(12-14)42-3/h8,11-12,16-17,21-22,36H,4-7,9-10,13H2,1-3H3,(H,34,35). The van der Waals surface area contributed by atoms with Crippen molar-refractivity contribution in [2.24, 2.45) is 17.8 Å². The number of ether oxygens (including phenoxy) is 2. The molecule has 2 aliphatic carbocycles. The number of carbonyl (C=O) groups excluding carboxylic acids is 4. The minimum Gasteiger partial charge on any atom is -0.502 e. The van der Waals surface area contributed by atoms with Crippen molar-refractivity contribution < 1.29 is 43.7 Å². The fourth-order valence-electron chi connectivity index (χ4n) is 7.21. The number of hydrogen-bond acceptors (Lipinski definition) is 8. The SMILES string of the molecule is COc1cc(C2C3=CCC4C(=O)N(CCCCCC(=O)O)C(=O)C4C3CC3(Cl)C(=O)N(C)C(=O)C23Cl)cc(OC)c1O. The van der Waals surface area contributed by atoms with Crippen molar-refractivity contribution in [2.45, 2.75) is 54.2 Å². The summed E-state index contributed by atoms with van der Waals surface area (Å²) in [5.74, 6) is -6.34. The van der Waals surface area contributed by atoms with Crippen LogP contribution in [-0.2, 0) is 24.0 Å². The Hall–Kier alpha value is -3.31. The molecule has 11 nitrogen and oxygen atoms in total. The second-order valence-corrected chi connectivity index (χ2v) is 12.5. The van der Waals surface area contributed by atoms with E-state index in [1.54, 1.807) is 0 Å². The fourth-order valence-corrected chi connectivity index (χ4v) is 8.23. The summed E-state index contributed by atoms with van der Waals surface area (Å²) in [6, 6.07) is 3.00. The van der Waals surface area contributed by atoms with Gasteiger partial charge in [-0.1, -0.05) is 18.1 Å². The summed E-state index contributed by atoms with van der Waals surface area (Å²) >= 11 is 14.3. The van der Waals surface area contributed by atoms with Crippen molar-refractivity contribution >= 4 is 52.8 Å². The molecule has 0 radical (unpaired) electrons. The largest absolute Gasteiger partial charge is 0.502 e. The number of amides is 4. The Bertz CT molecular complexity index is 1390. The minimum atomic E-state index is -1.97. The van der Waals surface area contributed by atoms with Crippen molar-refractivity contribution in [1.82, 2.24) is 9.80 Å². The van der Waals surface area contributed by atoms with Crippen LogP contribution in [0.4, 0.5) is 0 Å². The molecule has 1 aromatic rings. The third-order valence-electron chi connectivity index (χ3n) is 9.21. The summed E-state index contributed by atoms with van der Waals surface area (Å²) in [6.45, 7) is 0.160. The number of rotatable bonds is 9. The van der Waals surface area contributed by atoms with Crippen molar-refractivity contribution in [2.75, 3.05) is 27.8 Å². The van der Waals surface area contributed by atoms with E-state index in [9.17, 15) is 29.1 Å². The molecule has 4 amide bonds. The van der Waals surface area contributed by atoms with Gasteiger partial charge in [0.15, 0.2) is 21.2 Å². The quantitative estimate of drug-likeness (QED) is 0.183. The maximum atomic E-state index is 13.8. The maximum absolute atomic E-state index is 13.8. The number of carboxylic acid groups (broad SMARTS) is 1. The molecule has 2 N–H and O–H groups in total. The van der Waals surface area contributed by atoms with E-state index in [1.807, 2.05) is 6.08 Å². The molecular formula is C29H32Cl2N2O9. The van der Waals surface area contributed by atoms with Gasteiger partial charge in [-0.15, -0.1) is 23.2 Å². The number of alkyl halides is 2. The van der Waals surface area contributed by atoms with Crippen LogP contribution in [0.5, 0.6) is 17.2 Å². The van der Waals surface area contributed by atoms with E-state index in [0.717, 1.165) is 4.90 Å². The lowest BCUT2D eigenvalue weighted by atomic mass is 9.56. The second kappa shape index (κ2) is 10.8. The molecule has 226 valence electrons. The number of allylic oxidation sites excluding steroid dienone is 2. The van der Waals surface area contributed by atoms with E-state index in [-0.39, 0.29) is 54.9 Å². The number of aromatic hydroxyl groups is 1. The third kappa shape index (κ3) is 4.18. The van der Waals surface area contributed by atoms with Crippen LogP contribution in [0.1, 0.15) is 50.0 Å². The highest BCUT2D eigenvalue weighted by Gasteiger charge is 2.75. The summed E-state index contributed by atoms with van der Waals surface area (Å²) in [6.07, 6.45) is 3.36. The van der Waals surface area contributed by atoms with Crippen molar-refractivity contribution in [3.63, 3.8) is 0 Å².